The molecule has 142 valence electrons. The first-order chi connectivity index (χ1) is 13.3. The predicted octanol–water partition coefficient (Wildman–Crippen LogP) is 4.66. The molecule has 0 saturated heterocycles. The summed E-state index contributed by atoms with van der Waals surface area (Å²) in [5, 5.41) is 16.2. The summed E-state index contributed by atoms with van der Waals surface area (Å²) >= 11 is 3.53. The highest BCUT2D eigenvalue weighted by Gasteiger charge is 2.35. The van der Waals surface area contributed by atoms with Crippen LogP contribution in [0.5, 0.6) is 0 Å². The minimum atomic E-state index is -4.65. The summed E-state index contributed by atoms with van der Waals surface area (Å²) in [6.45, 7) is 0. The van der Waals surface area contributed by atoms with E-state index in [1.54, 1.807) is 29.0 Å². The number of anilines is 1. The van der Waals surface area contributed by atoms with Gasteiger partial charge in [0.05, 0.1) is 0 Å². The van der Waals surface area contributed by atoms with Crippen molar-refractivity contribution in [2.45, 2.75) is 6.18 Å². The zero-order chi connectivity index (χ0) is 20.3. The molecule has 0 fully saturated rings. The summed E-state index contributed by atoms with van der Waals surface area (Å²) < 4.78 is 40.4. The number of rotatable bonds is 4. The molecule has 0 atom stereocenters. The maximum atomic E-state index is 12.6. The van der Waals surface area contributed by atoms with E-state index >= 15 is 0 Å². The number of aromatic nitrogens is 3. The van der Waals surface area contributed by atoms with Crippen LogP contribution in [0, 0.1) is 11.3 Å². The van der Waals surface area contributed by atoms with Crippen molar-refractivity contribution in [1.29, 1.82) is 5.26 Å². The summed E-state index contributed by atoms with van der Waals surface area (Å²) in [4.78, 5) is 12.3. The van der Waals surface area contributed by atoms with Crippen LogP contribution in [-0.2, 0) is 11.0 Å². The topological polar surface area (TPSA) is 83.6 Å². The maximum Gasteiger partial charge on any atom is 0.445 e. The van der Waals surface area contributed by atoms with Gasteiger partial charge in [0.2, 0.25) is 10.1 Å². The Morgan fingerprint density at radius 1 is 1.25 bits per heavy atom. The standard InChI is InChI=1S/C17H9BrF3N5OS/c18-11-3-5-12(6-4-11)26-7-1-2-13(26)8-10(9-22)14(27)23-16-25-24-15(28-16)17(19,20)21/h1-8H,(H,23,25,27)/b10-8-. The lowest BCUT2D eigenvalue weighted by molar-refractivity contribution is -0.138. The highest BCUT2D eigenvalue weighted by Crippen LogP contribution is 2.33. The Morgan fingerprint density at radius 3 is 2.57 bits per heavy atom. The van der Waals surface area contributed by atoms with Gasteiger partial charge >= 0.3 is 6.18 Å². The van der Waals surface area contributed by atoms with Crippen molar-refractivity contribution >= 4 is 44.4 Å². The molecule has 0 saturated carbocycles. The zero-order valence-corrected chi connectivity index (χ0v) is 16.1. The third kappa shape index (κ3) is 4.47. The van der Waals surface area contributed by atoms with Gasteiger partial charge in [-0.25, -0.2) is 0 Å². The Bertz CT molecular complexity index is 1080. The van der Waals surface area contributed by atoms with Gasteiger partial charge in [-0.2, -0.15) is 18.4 Å². The highest BCUT2D eigenvalue weighted by atomic mass is 79.9. The fourth-order valence-electron chi connectivity index (χ4n) is 2.20. The van der Waals surface area contributed by atoms with Crippen LogP contribution in [0.3, 0.4) is 0 Å². The van der Waals surface area contributed by atoms with Crippen LogP contribution >= 0.6 is 27.3 Å². The third-order valence-corrected chi connectivity index (χ3v) is 4.84. The van der Waals surface area contributed by atoms with E-state index in [0.717, 1.165) is 10.2 Å². The number of hydrogen-bond acceptors (Lipinski definition) is 5. The molecule has 1 N–H and O–H groups in total. The molecule has 28 heavy (non-hydrogen) atoms. The van der Waals surface area contributed by atoms with Gasteiger partial charge in [-0.3, -0.25) is 10.1 Å². The molecule has 0 aliphatic carbocycles. The average molecular weight is 468 g/mol. The van der Waals surface area contributed by atoms with E-state index in [1.165, 1.54) is 6.08 Å². The Morgan fingerprint density at radius 2 is 1.96 bits per heavy atom. The van der Waals surface area contributed by atoms with Crippen molar-refractivity contribution in [2.75, 3.05) is 5.32 Å². The van der Waals surface area contributed by atoms with Crippen molar-refractivity contribution in [3.63, 3.8) is 0 Å². The number of amides is 1. The average Bonchev–Trinajstić information content (AvgIpc) is 3.29. The molecule has 0 unspecified atom stereocenters. The number of nitriles is 1. The van der Waals surface area contributed by atoms with Gasteiger partial charge in [0.1, 0.15) is 11.6 Å². The van der Waals surface area contributed by atoms with Gasteiger partial charge < -0.3 is 4.57 Å². The predicted molar refractivity (Wildman–Crippen MR) is 101 cm³/mol. The van der Waals surface area contributed by atoms with Crippen LogP contribution in [0.1, 0.15) is 10.7 Å². The largest absolute Gasteiger partial charge is 0.445 e. The smallest absolute Gasteiger partial charge is 0.317 e. The van der Waals surface area contributed by atoms with E-state index in [-0.39, 0.29) is 22.0 Å². The van der Waals surface area contributed by atoms with Crippen molar-refractivity contribution in [2.24, 2.45) is 0 Å². The molecule has 0 spiro atoms. The summed E-state index contributed by atoms with van der Waals surface area (Å²) in [5.74, 6) is -0.879. The Balaban J connectivity index is 1.84. The fourth-order valence-corrected chi connectivity index (χ4v) is 3.07. The lowest BCUT2D eigenvalue weighted by atomic mass is 10.2. The quantitative estimate of drug-likeness (QED) is 0.446. The van der Waals surface area contributed by atoms with Gasteiger partial charge in [-0.15, -0.1) is 10.2 Å². The monoisotopic (exact) mass is 467 g/mol. The Hall–Kier alpha value is -2.97. The number of halogens is 4. The van der Waals surface area contributed by atoms with Crippen molar-refractivity contribution < 1.29 is 18.0 Å². The van der Waals surface area contributed by atoms with Crippen LogP contribution in [-0.4, -0.2) is 20.7 Å². The lowest BCUT2D eigenvalue weighted by Crippen LogP contribution is -2.13. The molecule has 0 aliphatic rings. The third-order valence-electron chi connectivity index (χ3n) is 3.43. The number of carbonyl (C=O) groups excluding carboxylic acids is 1. The number of hydrogen-bond donors (Lipinski definition) is 1. The molecule has 1 amide bonds. The Kier molecular flexibility index (Phi) is 5.62. The summed E-state index contributed by atoms with van der Waals surface area (Å²) in [7, 11) is 0. The molecular weight excluding hydrogens is 459 g/mol. The lowest BCUT2D eigenvalue weighted by Gasteiger charge is -2.07. The SMILES string of the molecule is N#C/C(=C/c1cccn1-c1ccc(Br)cc1)C(=O)Nc1nnc(C(F)(F)F)s1. The number of benzene rings is 1. The first-order valence-corrected chi connectivity index (χ1v) is 9.16. The molecule has 2 heterocycles. The van der Waals surface area contributed by atoms with Crippen LogP contribution in [0.4, 0.5) is 18.3 Å². The Labute approximate surface area is 169 Å². The normalized spacial score (nSPS) is 11.9. The summed E-state index contributed by atoms with van der Waals surface area (Å²) in [6, 6.07) is 12.5. The molecule has 0 radical (unpaired) electrons. The van der Waals surface area contributed by atoms with Crippen LogP contribution in [0.25, 0.3) is 11.8 Å². The molecule has 1 aromatic carbocycles. The van der Waals surface area contributed by atoms with E-state index in [2.05, 4.69) is 31.4 Å². The molecule has 6 nitrogen and oxygen atoms in total. The van der Waals surface area contributed by atoms with Crippen molar-refractivity contribution in [1.82, 2.24) is 14.8 Å². The number of nitrogens with one attached hydrogen (secondary N) is 1. The second-order valence-corrected chi connectivity index (χ2v) is 7.21. The summed E-state index contributed by atoms with van der Waals surface area (Å²) in [5.41, 5.74) is 1.05. The van der Waals surface area contributed by atoms with E-state index < -0.39 is 17.1 Å². The first-order valence-electron chi connectivity index (χ1n) is 7.55. The van der Waals surface area contributed by atoms with Crippen LogP contribution in [0.2, 0.25) is 0 Å². The van der Waals surface area contributed by atoms with Crippen LogP contribution < -0.4 is 5.32 Å². The van der Waals surface area contributed by atoms with Gasteiger partial charge in [0.25, 0.3) is 5.91 Å². The van der Waals surface area contributed by atoms with Gasteiger partial charge in [-0.05, 0) is 42.5 Å². The van der Waals surface area contributed by atoms with Crippen molar-refractivity contribution in [3.8, 4) is 11.8 Å². The van der Waals surface area contributed by atoms with E-state index in [1.807, 2.05) is 24.3 Å². The van der Waals surface area contributed by atoms with Gasteiger partial charge in [0.15, 0.2) is 0 Å². The molecule has 3 aromatic rings. The zero-order valence-electron chi connectivity index (χ0n) is 13.7. The highest BCUT2D eigenvalue weighted by molar-refractivity contribution is 9.10. The molecule has 0 bridgehead atoms. The second kappa shape index (κ2) is 7.95. The van der Waals surface area contributed by atoms with Crippen LogP contribution in [0.15, 0.2) is 52.6 Å². The van der Waals surface area contributed by atoms with E-state index in [4.69, 9.17) is 0 Å². The van der Waals surface area contributed by atoms with E-state index in [9.17, 15) is 23.2 Å². The van der Waals surface area contributed by atoms with E-state index in [0.29, 0.717) is 5.69 Å². The molecule has 2 aromatic heterocycles. The molecule has 3 rings (SSSR count). The number of carbonyl (C=O) groups is 1. The molecular formula is C17H9BrF3N5OS. The summed E-state index contributed by atoms with van der Waals surface area (Å²) in [6.07, 6.45) is -1.56. The maximum absolute atomic E-state index is 12.6. The minimum Gasteiger partial charge on any atom is -0.317 e. The first kappa shape index (κ1) is 19.8. The van der Waals surface area contributed by atoms with Gasteiger partial charge in [-0.1, -0.05) is 27.3 Å². The number of alkyl halides is 3. The molecule has 11 heteroatoms. The molecule has 0 aliphatic heterocycles. The van der Waals surface area contributed by atoms with Crippen molar-refractivity contribution in [3.05, 3.63) is 63.3 Å². The fraction of sp³-hybridized carbons (Fsp3) is 0.0588. The van der Waals surface area contributed by atoms with Gasteiger partial charge in [0, 0.05) is 22.1 Å². The second-order valence-electron chi connectivity index (χ2n) is 5.31. The minimum absolute atomic E-state index is 0.180. The number of nitrogens with zero attached hydrogens (tertiary/aromatic N) is 4.